The molecule has 9 amide bonds. The molecule has 2 aliphatic carbocycles. The van der Waals surface area contributed by atoms with Crippen molar-refractivity contribution < 1.29 is 81.2 Å². The number of aliphatic hydroxyl groups is 1. The molecule has 0 unspecified atom stereocenters. The second-order valence-electron chi connectivity index (χ2n) is 24.9. The van der Waals surface area contributed by atoms with Crippen LogP contribution >= 0.6 is 0 Å². The molecule has 4 aromatic rings. The molecule has 0 spiro atoms. The minimum absolute atomic E-state index is 0.0301. The van der Waals surface area contributed by atoms with Gasteiger partial charge in [0.05, 0.1) is 61.2 Å². The summed E-state index contributed by atoms with van der Waals surface area (Å²) < 4.78 is 39.1. The molecule has 3 aliphatic heterocycles. The van der Waals surface area contributed by atoms with Gasteiger partial charge in [-0.05, 0) is 115 Å². The quantitative estimate of drug-likeness (QED) is 0.0211. The maximum Gasteiger partial charge on any atom is 0.410 e. The van der Waals surface area contributed by atoms with Crippen LogP contribution in [0.15, 0.2) is 59.4 Å². The predicted octanol–water partition coefficient (Wildman–Crippen LogP) is 1.45. The molecular weight excluding hydrogens is 1190 g/mol. The van der Waals surface area contributed by atoms with Gasteiger partial charge in [0.1, 0.15) is 55.1 Å². The number of pyridine rings is 2. The third kappa shape index (κ3) is 14.9. The number of aromatic nitrogens is 2. The van der Waals surface area contributed by atoms with Gasteiger partial charge in [-0.1, -0.05) is 37.3 Å². The molecule has 0 radical (unpaired) electrons. The number of cyclic esters (lactones) is 1. The Labute approximate surface area is 521 Å². The van der Waals surface area contributed by atoms with E-state index < -0.39 is 157 Å². The number of rotatable bonds is 23. The van der Waals surface area contributed by atoms with Gasteiger partial charge in [-0.15, -0.1) is 0 Å². The standard InChI is InChI=1S/C63H73FN10O17/c1-9-63(87)38-22-43-53-36(27-73(43)58(84)37(38)30-88-59(63)85)52-40(18-17-35-32(2)39(64)23-41(70-53)51(35)52)71-57(83)54(34-15-16-34)89-31-68-46(76)25-66-55(81)42(21-33-13-11-10-12-14-33)69-47(77)26-65-45(75)24-67-56(82)44(74-48(78)19-20-49(74)79)28-72(60(86)91-62(6,7)8)29-50(80)90-61(3,4)5/h10-14,19-20,22-23,34,40,42,44,54,87H,9,15-18,21,24-31H2,1-8H3,(H,65,75)(H,66,81)(H,67,82)(H,68,76)(H,69,77)(H,71,83)/t40-,42+,44+,54-,63+/m1/s1. The Morgan fingerprint density at radius 2 is 1.46 bits per heavy atom. The summed E-state index contributed by atoms with van der Waals surface area (Å²) in [5.74, 6) is -9.17. The molecule has 1 fully saturated rings. The third-order valence-corrected chi connectivity index (χ3v) is 16.0. The number of nitrogens with one attached hydrogen (secondary N) is 6. The molecule has 1 saturated carbocycles. The summed E-state index contributed by atoms with van der Waals surface area (Å²) in [4.78, 5) is 167. The lowest BCUT2D eigenvalue weighted by Gasteiger charge is -2.32. The van der Waals surface area contributed by atoms with E-state index in [2.05, 4.69) is 31.9 Å². The Bertz CT molecular complexity index is 3740. The number of aryl methyl sites for hydroxylation is 1. The highest BCUT2D eigenvalue weighted by Crippen LogP contribution is 2.46. The summed E-state index contributed by atoms with van der Waals surface area (Å²) in [5, 5.41) is 27.5. The average Bonchev–Trinajstić information content (AvgIpc) is 1.64. The van der Waals surface area contributed by atoms with Gasteiger partial charge in [-0.3, -0.25) is 57.7 Å². The zero-order chi connectivity index (χ0) is 66.0. The highest BCUT2D eigenvalue weighted by atomic mass is 19.1. The zero-order valence-electron chi connectivity index (χ0n) is 51.6. The fourth-order valence-corrected chi connectivity index (χ4v) is 11.4. The molecule has 2 aromatic heterocycles. The van der Waals surface area contributed by atoms with E-state index in [1.165, 1.54) is 10.6 Å². The van der Waals surface area contributed by atoms with Crippen LogP contribution in [0.5, 0.6) is 0 Å². The van der Waals surface area contributed by atoms with E-state index in [1.54, 1.807) is 91.8 Å². The van der Waals surface area contributed by atoms with Crippen LogP contribution in [0.3, 0.4) is 0 Å². The fraction of sp³-hybridized carbons (Fsp3) is 0.476. The lowest BCUT2D eigenvalue weighted by atomic mass is 9.81. The lowest BCUT2D eigenvalue weighted by molar-refractivity contribution is -0.172. The first-order chi connectivity index (χ1) is 42.9. The van der Waals surface area contributed by atoms with Gasteiger partial charge >= 0.3 is 18.0 Å². The lowest BCUT2D eigenvalue weighted by Crippen LogP contribution is -2.57. The van der Waals surface area contributed by atoms with Gasteiger partial charge in [0.2, 0.25) is 35.4 Å². The number of esters is 2. The summed E-state index contributed by atoms with van der Waals surface area (Å²) in [5.41, 5.74) is -0.420. The second-order valence-corrected chi connectivity index (χ2v) is 24.9. The highest BCUT2D eigenvalue weighted by molar-refractivity contribution is 6.15. The number of imide groups is 1. The maximum absolute atomic E-state index is 15.6. The van der Waals surface area contributed by atoms with E-state index in [0.29, 0.717) is 80.7 Å². The summed E-state index contributed by atoms with van der Waals surface area (Å²) in [6, 6.07) is 7.69. The number of carbonyl (C=O) groups is 11. The van der Waals surface area contributed by atoms with Crippen molar-refractivity contribution in [2.75, 3.05) is 39.5 Å². The first-order valence-corrected chi connectivity index (χ1v) is 29.9. The molecule has 28 heteroatoms. The number of benzene rings is 2. The fourth-order valence-electron chi connectivity index (χ4n) is 11.4. The van der Waals surface area contributed by atoms with Crippen LogP contribution < -0.4 is 37.5 Å². The van der Waals surface area contributed by atoms with Crippen LogP contribution in [0, 0.1) is 18.7 Å². The molecule has 5 heterocycles. The van der Waals surface area contributed by atoms with Crippen LogP contribution in [0.2, 0.25) is 0 Å². The Morgan fingerprint density at radius 3 is 2.11 bits per heavy atom. The van der Waals surface area contributed by atoms with Gasteiger partial charge in [0, 0.05) is 41.2 Å². The molecule has 5 atom stereocenters. The average molecular weight is 1260 g/mol. The summed E-state index contributed by atoms with van der Waals surface area (Å²) in [6.07, 6.45) is 1.59. The SMILES string of the molecule is CC[C@@]1(O)C(=O)OCc2c1cc1n(c2=O)Cc2c-1nc1cc(F)c(C)c3c1c2[C@H](NC(=O)[C@H](OCNC(=O)CNC(=O)[C@H](Cc1ccccc1)NC(=O)CNC(=O)CNC(=O)[C@H](CN(CC(=O)OC(C)(C)C)C(=O)OC(C)(C)C)N1C(=O)C=CC1=O)C1CC1)CC3. The highest BCUT2D eigenvalue weighted by Gasteiger charge is 2.47. The largest absolute Gasteiger partial charge is 0.459 e. The maximum atomic E-state index is 15.6. The molecule has 7 N–H and O–H groups in total. The minimum Gasteiger partial charge on any atom is -0.459 e. The number of hydrogen-bond donors (Lipinski definition) is 7. The normalized spacial score (nSPS) is 18.2. The number of carbonyl (C=O) groups excluding carboxylic acids is 11. The molecule has 27 nitrogen and oxygen atoms in total. The van der Waals surface area contributed by atoms with Crippen molar-refractivity contribution in [2.45, 2.75) is 148 Å². The Balaban J connectivity index is 0.800. The van der Waals surface area contributed by atoms with Crippen LogP contribution in [0.25, 0.3) is 22.3 Å². The van der Waals surface area contributed by atoms with Crippen molar-refractivity contribution in [2.24, 2.45) is 5.92 Å². The van der Waals surface area contributed by atoms with E-state index in [-0.39, 0.29) is 43.0 Å². The Kier molecular flexibility index (Phi) is 19.3. The number of fused-ring (bicyclic) bond motifs is 5. The first-order valence-electron chi connectivity index (χ1n) is 29.9. The number of hydrogen-bond acceptors (Lipinski definition) is 18. The zero-order valence-corrected chi connectivity index (χ0v) is 51.6. The molecule has 91 heavy (non-hydrogen) atoms. The van der Waals surface area contributed by atoms with E-state index in [9.17, 15) is 62.6 Å². The first kappa shape index (κ1) is 66.0. The van der Waals surface area contributed by atoms with E-state index >= 15 is 4.39 Å². The van der Waals surface area contributed by atoms with E-state index in [0.717, 1.165) is 17.1 Å². The smallest absolute Gasteiger partial charge is 0.410 e. The molecule has 2 aromatic carbocycles. The number of amides is 9. The van der Waals surface area contributed by atoms with Gasteiger partial charge in [0.15, 0.2) is 5.60 Å². The van der Waals surface area contributed by atoms with E-state index in [1.807, 2.05) is 0 Å². The topological polar surface area (TPSA) is 358 Å². The molecule has 0 bridgehead atoms. The second kappa shape index (κ2) is 26.6. The van der Waals surface area contributed by atoms with Crippen molar-refractivity contribution in [3.05, 3.63) is 110 Å². The molecule has 9 rings (SSSR count). The Hall–Kier alpha value is -9.44. The molecule has 484 valence electrons. The summed E-state index contributed by atoms with van der Waals surface area (Å²) >= 11 is 0. The van der Waals surface area contributed by atoms with E-state index in [4.69, 9.17) is 23.9 Å². The van der Waals surface area contributed by atoms with Crippen molar-refractivity contribution in [1.29, 1.82) is 0 Å². The van der Waals surface area contributed by atoms with Gasteiger partial charge < -0.3 is 60.5 Å². The molecule has 5 aliphatic rings. The summed E-state index contributed by atoms with van der Waals surface area (Å²) in [6.45, 7) is 8.33. The van der Waals surface area contributed by atoms with Gasteiger partial charge in [0.25, 0.3) is 17.4 Å². The molecular formula is C63H73FN10O17. The third-order valence-electron chi connectivity index (χ3n) is 16.0. The van der Waals surface area contributed by atoms with Crippen LogP contribution in [-0.4, -0.2) is 159 Å². The van der Waals surface area contributed by atoms with Crippen molar-refractivity contribution >= 4 is 76.2 Å². The molecule has 0 saturated heterocycles. The minimum atomic E-state index is -2.08. The Morgan fingerprint density at radius 1 is 0.813 bits per heavy atom. The van der Waals surface area contributed by atoms with Crippen molar-refractivity contribution in [3.8, 4) is 11.4 Å². The van der Waals surface area contributed by atoms with Gasteiger partial charge in [-0.2, -0.15) is 0 Å². The number of nitrogens with zero attached hydrogens (tertiary/aromatic N) is 4. The monoisotopic (exact) mass is 1260 g/mol. The summed E-state index contributed by atoms with van der Waals surface area (Å²) in [7, 11) is 0. The van der Waals surface area contributed by atoms with Crippen molar-refractivity contribution in [1.82, 2.24) is 51.3 Å². The van der Waals surface area contributed by atoms with Gasteiger partial charge in [-0.25, -0.2) is 19.0 Å². The van der Waals surface area contributed by atoms with Crippen molar-refractivity contribution in [3.63, 3.8) is 0 Å². The number of ether oxygens (including phenoxy) is 4. The van der Waals surface area contributed by atoms with Crippen LogP contribution in [-0.2, 0) is 98.5 Å². The van der Waals surface area contributed by atoms with Crippen LogP contribution in [0.1, 0.15) is 119 Å². The number of halogens is 1. The van der Waals surface area contributed by atoms with Crippen LogP contribution in [0.4, 0.5) is 9.18 Å². The predicted molar refractivity (Wildman–Crippen MR) is 319 cm³/mol.